The number of aliphatic hydroxyl groups excluding tert-OH is 1. The zero-order valence-electron chi connectivity index (χ0n) is 59.3. The van der Waals surface area contributed by atoms with Gasteiger partial charge in [-0.15, -0.1) is 0 Å². The molecule has 3 unspecified atom stereocenters. The second-order valence-electron chi connectivity index (χ2n) is 26.3. The molecule has 0 aliphatic carbocycles. The van der Waals surface area contributed by atoms with Gasteiger partial charge in [-0.1, -0.05) is 347 Å². The largest absolute Gasteiger partial charge is 0.756 e. The van der Waals surface area contributed by atoms with Crippen molar-refractivity contribution in [3.8, 4) is 0 Å². The van der Waals surface area contributed by atoms with Gasteiger partial charge in [0.15, 0.2) is 0 Å². The van der Waals surface area contributed by atoms with E-state index in [9.17, 15) is 19.4 Å². The number of nitrogens with zero attached hydrogens (tertiary/aromatic N) is 1. The molecule has 0 rings (SSSR count). The summed E-state index contributed by atoms with van der Waals surface area (Å²) >= 11 is 0. The summed E-state index contributed by atoms with van der Waals surface area (Å²) in [6.45, 7) is 4.53. The molecule has 0 saturated carbocycles. The second-order valence-corrected chi connectivity index (χ2v) is 27.7. The van der Waals surface area contributed by atoms with Crippen LogP contribution in [0, 0.1) is 0 Å². The van der Waals surface area contributed by atoms with Crippen molar-refractivity contribution < 1.29 is 32.9 Å². The Morgan fingerprint density at radius 2 is 0.689 bits per heavy atom. The number of likely N-dealkylation sites (N-methyl/N-ethyl adjacent to an activating group) is 1. The molecule has 0 heterocycles. The maximum absolute atomic E-state index is 13.1. The lowest BCUT2D eigenvalue weighted by Gasteiger charge is -2.29. The summed E-state index contributed by atoms with van der Waals surface area (Å²) in [5.74, 6) is -0.216. The highest BCUT2D eigenvalue weighted by molar-refractivity contribution is 7.45. The number of unbranched alkanes of at least 4 members (excludes halogenated alkanes) is 35. The van der Waals surface area contributed by atoms with Gasteiger partial charge in [0, 0.05) is 6.42 Å². The van der Waals surface area contributed by atoms with Crippen LogP contribution in [0.4, 0.5) is 0 Å². The van der Waals surface area contributed by atoms with E-state index in [1.807, 2.05) is 27.2 Å². The van der Waals surface area contributed by atoms with Gasteiger partial charge in [-0.3, -0.25) is 9.36 Å². The number of aliphatic hydroxyl groups is 1. The van der Waals surface area contributed by atoms with Crippen LogP contribution in [0.3, 0.4) is 0 Å². The molecule has 518 valence electrons. The maximum atomic E-state index is 13.1. The van der Waals surface area contributed by atoms with E-state index in [4.69, 9.17) is 9.05 Å². The van der Waals surface area contributed by atoms with Crippen molar-refractivity contribution in [2.75, 3.05) is 40.9 Å². The maximum Gasteiger partial charge on any atom is 0.268 e. The standard InChI is InChI=1S/C81H143N2O6P/c1-6-8-10-12-14-16-18-20-22-24-26-28-30-32-34-36-38-39-40-41-42-43-45-47-49-51-53-55-57-59-61-63-65-67-69-71-73-75-81(85)82-79(78-89-90(86,87)88-77-76-83(3,4)5)80(84)74-72-70-68-66-64-62-60-58-56-54-52-50-48-46-44-37-35-33-31-29-27-25-23-21-19-17-15-13-11-9-7-2/h8,10,14,16,20,22,26,28,32,34,38-39,41-42,45,47,51,53,64,66,72,74,79-80,84H,6-7,9,11-13,15,17-19,21,23-25,27,29-31,33,35-37,40,43-44,46,48-50,52,54-63,65,67-71,73,75-78H2,1-5H3,(H-,82,85,86,87)/b10-8-,16-14-,22-20-,28-26-,34-32-,39-38-,42-41-,47-45-,53-51-,66-64+,74-72+. The predicted octanol–water partition coefficient (Wildman–Crippen LogP) is 23.9. The summed E-state index contributed by atoms with van der Waals surface area (Å²) in [6, 6.07) is -0.918. The number of carbonyl (C=O) groups is 1. The van der Waals surface area contributed by atoms with Gasteiger partial charge < -0.3 is 28.8 Å². The molecule has 0 bridgehead atoms. The van der Waals surface area contributed by atoms with Crippen molar-refractivity contribution in [2.45, 2.75) is 334 Å². The highest BCUT2D eigenvalue weighted by atomic mass is 31.2. The monoisotopic (exact) mass is 1270 g/mol. The highest BCUT2D eigenvalue weighted by Crippen LogP contribution is 2.38. The van der Waals surface area contributed by atoms with E-state index in [1.165, 1.54) is 193 Å². The van der Waals surface area contributed by atoms with Gasteiger partial charge >= 0.3 is 0 Å². The summed E-state index contributed by atoms with van der Waals surface area (Å²) in [5, 5.41) is 14.0. The smallest absolute Gasteiger partial charge is 0.268 e. The molecule has 0 saturated heterocycles. The summed E-state index contributed by atoms with van der Waals surface area (Å²) in [5.41, 5.74) is 0. The Morgan fingerprint density at radius 3 is 1.03 bits per heavy atom. The van der Waals surface area contributed by atoms with Gasteiger partial charge in [0.25, 0.3) is 7.82 Å². The van der Waals surface area contributed by atoms with E-state index < -0.39 is 26.6 Å². The van der Waals surface area contributed by atoms with Crippen molar-refractivity contribution in [1.82, 2.24) is 5.32 Å². The number of quaternary nitrogens is 1. The van der Waals surface area contributed by atoms with E-state index in [0.717, 1.165) is 109 Å². The fourth-order valence-corrected chi connectivity index (χ4v) is 11.3. The Labute approximate surface area is 557 Å². The van der Waals surface area contributed by atoms with Crippen LogP contribution in [-0.2, 0) is 18.4 Å². The molecule has 0 fully saturated rings. The lowest BCUT2D eigenvalue weighted by atomic mass is 10.0. The molecule has 0 aromatic heterocycles. The van der Waals surface area contributed by atoms with Gasteiger partial charge in [0.1, 0.15) is 13.2 Å². The molecule has 3 atom stereocenters. The number of rotatable bonds is 68. The Balaban J connectivity index is 4.14. The van der Waals surface area contributed by atoms with Crippen molar-refractivity contribution in [3.63, 3.8) is 0 Å². The molecule has 0 radical (unpaired) electrons. The molecular weight excluding hydrogens is 1130 g/mol. The Kier molecular flexibility index (Phi) is 67.4. The number of allylic oxidation sites excluding steroid dienone is 21. The van der Waals surface area contributed by atoms with Crippen molar-refractivity contribution in [2.24, 2.45) is 0 Å². The minimum absolute atomic E-state index is 0.0135. The third-order valence-electron chi connectivity index (χ3n) is 16.3. The van der Waals surface area contributed by atoms with Crippen LogP contribution in [0.2, 0.25) is 0 Å². The fraction of sp³-hybridized carbons (Fsp3) is 0.716. The van der Waals surface area contributed by atoms with Crippen LogP contribution >= 0.6 is 7.82 Å². The van der Waals surface area contributed by atoms with Gasteiger partial charge in [-0.25, -0.2) is 0 Å². The SMILES string of the molecule is CC/C=C\C/C=C\C/C=C\C/C=C\C/C=C\C/C=C\C/C=C\C/C=C\C/C=C\CCCCCCCCCCCC(=O)NC(COP(=O)([O-])OCC[N+](C)(C)C)C(O)/C=C/CC/C=C/CCCCCCCCCCCCCCCCCCCCCCCCCCC. The molecule has 0 aromatic carbocycles. The molecule has 0 aliphatic rings. The molecule has 0 spiro atoms. The second kappa shape index (κ2) is 70.0. The number of amides is 1. The molecule has 90 heavy (non-hydrogen) atoms. The van der Waals surface area contributed by atoms with Gasteiger partial charge in [0.2, 0.25) is 5.91 Å². The predicted molar refractivity (Wildman–Crippen MR) is 394 cm³/mol. The van der Waals surface area contributed by atoms with E-state index in [-0.39, 0.29) is 12.5 Å². The first-order valence-electron chi connectivity index (χ1n) is 37.5. The summed E-state index contributed by atoms with van der Waals surface area (Å²) < 4.78 is 23.5. The molecule has 0 aliphatic heterocycles. The molecule has 0 aromatic rings. The highest BCUT2D eigenvalue weighted by Gasteiger charge is 2.23. The van der Waals surface area contributed by atoms with E-state index >= 15 is 0 Å². The molecule has 8 nitrogen and oxygen atoms in total. The number of nitrogens with one attached hydrogen (secondary N) is 1. The van der Waals surface area contributed by atoms with E-state index in [2.05, 4.69) is 141 Å². The first-order chi connectivity index (χ1) is 44.0. The van der Waals surface area contributed by atoms with Gasteiger partial charge in [0.05, 0.1) is 39.9 Å². The fourth-order valence-electron chi connectivity index (χ4n) is 10.6. The van der Waals surface area contributed by atoms with Crippen molar-refractivity contribution in [1.29, 1.82) is 0 Å². The quantitative estimate of drug-likeness (QED) is 0.0272. The van der Waals surface area contributed by atoms with E-state index in [0.29, 0.717) is 17.4 Å². The van der Waals surface area contributed by atoms with Crippen LogP contribution in [0.1, 0.15) is 322 Å². The van der Waals surface area contributed by atoms with Gasteiger partial charge in [-0.2, -0.15) is 0 Å². The number of hydrogen-bond donors (Lipinski definition) is 2. The lowest BCUT2D eigenvalue weighted by molar-refractivity contribution is -0.870. The van der Waals surface area contributed by atoms with Crippen LogP contribution in [0.25, 0.3) is 0 Å². The Morgan fingerprint density at radius 1 is 0.400 bits per heavy atom. The normalized spacial score (nSPS) is 14.3. The first-order valence-corrected chi connectivity index (χ1v) is 39.0. The topological polar surface area (TPSA) is 108 Å². The van der Waals surface area contributed by atoms with Crippen LogP contribution in [-0.4, -0.2) is 68.5 Å². The molecule has 1 amide bonds. The average Bonchev–Trinajstić information content (AvgIpc) is 3.18. The molecule has 2 N–H and O–H groups in total. The van der Waals surface area contributed by atoms with Gasteiger partial charge in [-0.05, 0) is 103 Å². The third-order valence-corrected chi connectivity index (χ3v) is 17.3. The molecule has 9 heteroatoms. The summed E-state index contributed by atoms with van der Waals surface area (Å²) in [4.78, 5) is 25.7. The Hall–Kier alpha value is -3.36. The van der Waals surface area contributed by atoms with Crippen molar-refractivity contribution >= 4 is 13.7 Å². The number of phosphoric acid groups is 1. The van der Waals surface area contributed by atoms with Crippen LogP contribution in [0.15, 0.2) is 134 Å². The van der Waals surface area contributed by atoms with Crippen LogP contribution < -0.4 is 10.2 Å². The summed E-state index contributed by atoms with van der Waals surface area (Å²) in [6.07, 6.45) is 106. The zero-order valence-corrected chi connectivity index (χ0v) is 60.2. The molecular formula is C81H143N2O6P. The number of phosphoric ester groups is 1. The van der Waals surface area contributed by atoms with Crippen molar-refractivity contribution in [3.05, 3.63) is 134 Å². The first kappa shape index (κ1) is 86.6. The number of carbonyl (C=O) groups excluding carboxylic acids is 1. The third kappa shape index (κ3) is 72.1. The lowest BCUT2D eigenvalue weighted by Crippen LogP contribution is -2.45. The van der Waals surface area contributed by atoms with E-state index in [1.54, 1.807) is 6.08 Å². The Bertz CT molecular complexity index is 1930. The number of hydrogen-bond acceptors (Lipinski definition) is 6. The summed E-state index contributed by atoms with van der Waals surface area (Å²) in [7, 11) is 1.23. The minimum atomic E-state index is -4.63. The average molecular weight is 1270 g/mol. The van der Waals surface area contributed by atoms with Crippen LogP contribution in [0.5, 0.6) is 0 Å². The minimum Gasteiger partial charge on any atom is -0.756 e. The zero-order chi connectivity index (χ0) is 65.5.